The summed E-state index contributed by atoms with van der Waals surface area (Å²) in [5.41, 5.74) is 1.95. The summed E-state index contributed by atoms with van der Waals surface area (Å²) in [6.07, 6.45) is 3.60. The first-order chi connectivity index (χ1) is 6.16. The predicted octanol–water partition coefficient (Wildman–Crippen LogP) is 3.96. The van der Waals surface area contributed by atoms with Crippen LogP contribution in [0.25, 0.3) is 0 Å². The first-order valence-electron chi connectivity index (χ1n) is 5.52. The summed E-state index contributed by atoms with van der Waals surface area (Å²) in [6, 6.07) is 0. The third-order valence-electron chi connectivity index (χ3n) is 2.60. The summed E-state index contributed by atoms with van der Waals surface area (Å²) in [7, 11) is 1.95. The van der Waals surface area contributed by atoms with Crippen LogP contribution in [-0.4, -0.2) is 7.05 Å². The molecule has 14 heavy (non-hydrogen) atoms. The third-order valence-corrected chi connectivity index (χ3v) is 2.60. The highest BCUT2D eigenvalue weighted by molar-refractivity contribution is 4.94. The number of nitrogens with one attached hydrogen (secondary N) is 1. The number of allylic oxidation sites excluding steroid dienone is 1. The van der Waals surface area contributed by atoms with Crippen molar-refractivity contribution in [3.05, 3.63) is 12.3 Å². The SMILES string of the molecule is C=C(CC(C)(C)CCC(C)(C)C)NC. The molecule has 0 radical (unpaired) electrons. The van der Waals surface area contributed by atoms with Gasteiger partial charge in [-0.25, -0.2) is 0 Å². The first kappa shape index (κ1) is 13.5. The van der Waals surface area contributed by atoms with Crippen LogP contribution in [0.15, 0.2) is 12.3 Å². The van der Waals surface area contributed by atoms with Crippen molar-refractivity contribution in [2.45, 2.75) is 53.9 Å². The second-order valence-electron chi connectivity index (χ2n) is 6.26. The molecule has 1 N–H and O–H groups in total. The van der Waals surface area contributed by atoms with Gasteiger partial charge in [0, 0.05) is 12.7 Å². The fourth-order valence-corrected chi connectivity index (χ4v) is 1.47. The molecular formula is C13H27N. The molecule has 0 unspecified atom stereocenters. The van der Waals surface area contributed by atoms with Crippen LogP contribution in [0.4, 0.5) is 0 Å². The highest BCUT2D eigenvalue weighted by atomic mass is 14.8. The topological polar surface area (TPSA) is 12.0 Å². The predicted molar refractivity (Wildman–Crippen MR) is 65.3 cm³/mol. The normalized spacial score (nSPS) is 12.7. The Morgan fingerprint density at radius 2 is 1.57 bits per heavy atom. The van der Waals surface area contributed by atoms with E-state index in [1.165, 1.54) is 12.8 Å². The van der Waals surface area contributed by atoms with Gasteiger partial charge in [0.2, 0.25) is 0 Å². The third kappa shape index (κ3) is 6.99. The van der Waals surface area contributed by atoms with Crippen LogP contribution in [-0.2, 0) is 0 Å². The van der Waals surface area contributed by atoms with Crippen molar-refractivity contribution in [1.29, 1.82) is 0 Å². The van der Waals surface area contributed by atoms with Gasteiger partial charge in [-0.05, 0) is 30.1 Å². The Kier molecular flexibility index (Phi) is 4.70. The van der Waals surface area contributed by atoms with E-state index >= 15 is 0 Å². The zero-order valence-corrected chi connectivity index (χ0v) is 10.8. The average Bonchev–Trinajstić information content (AvgIpc) is 1.99. The molecule has 0 aliphatic carbocycles. The average molecular weight is 197 g/mol. The Bertz CT molecular complexity index is 184. The molecule has 84 valence electrons. The highest BCUT2D eigenvalue weighted by Crippen LogP contribution is 2.34. The summed E-state index contributed by atoms with van der Waals surface area (Å²) in [4.78, 5) is 0. The van der Waals surface area contributed by atoms with E-state index in [0.29, 0.717) is 10.8 Å². The zero-order chi connectivity index (χ0) is 11.4. The molecule has 0 amide bonds. The number of hydrogen-bond donors (Lipinski definition) is 1. The smallest absolute Gasteiger partial charge is 0.00364 e. The van der Waals surface area contributed by atoms with Crippen molar-refractivity contribution in [2.24, 2.45) is 10.8 Å². The van der Waals surface area contributed by atoms with Gasteiger partial charge in [0.05, 0.1) is 0 Å². The second-order valence-corrected chi connectivity index (χ2v) is 6.26. The van der Waals surface area contributed by atoms with E-state index in [1.807, 2.05) is 7.05 Å². The molecule has 0 bridgehead atoms. The zero-order valence-electron chi connectivity index (χ0n) is 10.8. The molecule has 0 saturated carbocycles. The quantitative estimate of drug-likeness (QED) is 0.703. The van der Waals surface area contributed by atoms with E-state index in [4.69, 9.17) is 0 Å². The van der Waals surface area contributed by atoms with Crippen LogP contribution in [0.5, 0.6) is 0 Å². The minimum Gasteiger partial charge on any atom is -0.392 e. The minimum absolute atomic E-state index is 0.368. The van der Waals surface area contributed by atoms with Crippen LogP contribution in [0.3, 0.4) is 0 Å². The number of hydrogen-bond acceptors (Lipinski definition) is 1. The van der Waals surface area contributed by atoms with Crippen LogP contribution >= 0.6 is 0 Å². The Balaban J connectivity index is 4.01. The van der Waals surface area contributed by atoms with Gasteiger partial charge in [-0.3, -0.25) is 0 Å². The molecule has 1 heteroatoms. The summed E-state index contributed by atoms with van der Waals surface area (Å²) >= 11 is 0. The maximum absolute atomic E-state index is 3.99. The van der Waals surface area contributed by atoms with E-state index < -0.39 is 0 Å². The van der Waals surface area contributed by atoms with Gasteiger partial charge in [0.25, 0.3) is 0 Å². The van der Waals surface area contributed by atoms with Crippen LogP contribution in [0.2, 0.25) is 0 Å². The van der Waals surface area contributed by atoms with E-state index in [1.54, 1.807) is 0 Å². The molecule has 1 nitrogen and oxygen atoms in total. The van der Waals surface area contributed by atoms with Gasteiger partial charge >= 0.3 is 0 Å². The molecular weight excluding hydrogens is 170 g/mol. The van der Waals surface area contributed by atoms with E-state index in [9.17, 15) is 0 Å². The lowest BCUT2D eigenvalue weighted by Gasteiger charge is -2.29. The lowest BCUT2D eigenvalue weighted by Crippen LogP contribution is -2.19. The van der Waals surface area contributed by atoms with Gasteiger partial charge in [-0.1, -0.05) is 41.2 Å². The Labute approximate surface area is 90.0 Å². The highest BCUT2D eigenvalue weighted by Gasteiger charge is 2.22. The molecule has 0 rings (SSSR count). The Morgan fingerprint density at radius 1 is 1.07 bits per heavy atom. The van der Waals surface area contributed by atoms with Crippen molar-refractivity contribution in [1.82, 2.24) is 5.32 Å². The molecule has 0 aromatic carbocycles. The van der Waals surface area contributed by atoms with Crippen molar-refractivity contribution in [2.75, 3.05) is 7.05 Å². The van der Waals surface area contributed by atoms with Crippen LogP contribution < -0.4 is 5.32 Å². The summed E-state index contributed by atoms with van der Waals surface area (Å²) in [6.45, 7) is 15.5. The fraction of sp³-hybridized carbons (Fsp3) is 0.846. The molecule has 0 aromatic rings. The van der Waals surface area contributed by atoms with Crippen molar-refractivity contribution < 1.29 is 0 Å². The maximum Gasteiger partial charge on any atom is 0.00364 e. The molecule has 0 aliphatic heterocycles. The molecule has 0 aromatic heterocycles. The molecule has 0 aliphatic rings. The monoisotopic (exact) mass is 197 g/mol. The molecule has 0 saturated heterocycles. The molecule has 0 atom stereocenters. The molecule has 0 heterocycles. The van der Waals surface area contributed by atoms with Gasteiger partial charge in [0.15, 0.2) is 0 Å². The van der Waals surface area contributed by atoms with Crippen LogP contribution in [0.1, 0.15) is 53.9 Å². The maximum atomic E-state index is 3.99. The van der Waals surface area contributed by atoms with Crippen LogP contribution in [0, 0.1) is 10.8 Å². The van der Waals surface area contributed by atoms with E-state index in [0.717, 1.165) is 12.1 Å². The van der Waals surface area contributed by atoms with E-state index in [2.05, 4.69) is 46.5 Å². The number of rotatable bonds is 5. The van der Waals surface area contributed by atoms with Crippen molar-refractivity contribution in [3.63, 3.8) is 0 Å². The van der Waals surface area contributed by atoms with Gasteiger partial charge in [-0.15, -0.1) is 0 Å². The van der Waals surface area contributed by atoms with Gasteiger partial charge < -0.3 is 5.32 Å². The van der Waals surface area contributed by atoms with Gasteiger partial charge in [0.1, 0.15) is 0 Å². The lowest BCUT2D eigenvalue weighted by atomic mass is 9.77. The summed E-state index contributed by atoms with van der Waals surface area (Å²) in [5, 5.41) is 3.12. The summed E-state index contributed by atoms with van der Waals surface area (Å²) in [5.74, 6) is 0. The van der Waals surface area contributed by atoms with E-state index in [-0.39, 0.29) is 0 Å². The Morgan fingerprint density at radius 3 is 1.93 bits per heavy atom. The fourth-order valence-electron chi connectivity index (χ4n) is 1.47. The van der Waals surface area contributed by atoms with Crippen molar-refractivity contribution >= 4 is 0 Å². The molecule has 0 fully saturated rings. The van der Waals surface area contributed by atoms with Crippen molar-refractivity contribution in [3.8, 4) is 0 Å². The largest absolute Gasteiger partial charge is 0.392 e. The standard InChI is InChI=1S/C13H27N/c1-11(14-7)10-13(5,6)9-8-12(2,3)4/h14H,1,8-10H2,2-7H3. The Hall–Kier alpha value is -0.460. The minimum atomic E-state index is 0.368. The summed E-state index contributed by atoms with van der Waals surface area (Å²) < 4.78 is 0. The first-order valence-corrected chi connectivity index (χ1v) is 5.52. The lowest BCUT2D eigenvalue weighted by molar-refractivity contribution is 0.251. The second kappa shape index (κ2) is 4.86. The van der Waals surface area contributed by atoms with Gasteiger partial charge in [-0.2, -0.15) is 0 Å². The molecule has 0 spiro atoms.